The second-order valence-electron chi connectivity index (χ2n) is 5.20. The molecule has 0 bridgehead atoms. The van der Waals surface area contributed by atoms with E-state index in [9.17, 15) is 0 Å². The molecular weight excluding hydrogens is 212 g/mol. The van der Waals surface area contributed by atoms with Crippen molar-refractivity contribution >= 4 is 0 Å². The number of hydrogen-bond acceptors (Lipinski definition) is 3. The Morgan fingerprint density at radius 3 is 2.94 bits per heavy atom. The van der Waals surface area contributed by atoms with Gasteiger partial charge in [0.15, 0.2) is 0 Å². The molecule has 4 nitrogen and oxygen atoms in total. The van der Waals surface area contributed by atoms with Gasteiger partial charge in [-0.15, -0.1) is 10.2 Å². The van der Waals surface area contributed by atoms with E-state index >= 15 is 0 Å². The molecule has 17 heavy (non-hydrogen) atoms. The smallest absolute Gasteiger partial charge is 0.133 e. The van der Waals surface area contributed by atoms with E-state index in [2.05, 4.69) is 33.9 Å². The largest absolute Gasteiger partial charge is 0.316 e. The quantitative estimate of drug-likeness (QED) is 0.866. The van der Waals surface area contributed by atoms with Crippen LogP contribution in [0.15, 0.2) is 0 Å². The molecular formula is C13H24N4. The number of nitrogens with one attached hydrogen (secondary N) is 1. The molecule has 1 fully saturated rings. The van der Waals surface area contributed by atoms with Gasteiger partial charge in [0.25, 0.3) is 0 Å². The molecule has 96 valence electrons. The van der Waals surface area contributed by atoms with Crippen LogP contribution in [0.4, 0.5) is 0 Å². The van der Waals surface area contributed by atoms with Crippen molar-refractivity contribution < 1.29 is 0 Å². The van der Waals surface area contributed by atoms with Crippen molar-refractivity contribution in [1.29, 1.82) is 0 Å². The molecule has 4 heteroatoms. The van der Waals surface area contributed by atoms with Crippen LogP contribution in [0, 0.1) is 18.8 Å². The highest BCUT2D eigenvalue weighted by Gasteiger charge is 2.22. The summed E-state index contributed by atoms with van der Waals surface area (Å²) in [7, 11) is 0. The first-order chi connectivity index (χ1) is 8.22. The fourth-order valence-electron chi connectivity index (χ4n) is 2.81. The maximum Gasteiger partial charge on any atom is 0.133 e. The topological polar surface area (TPSA) is 42.7 Å². The molecule has 2 rings (SSSR count). The van der Waals surface area contributed by atoms with Gasteiger partial charge in [-0.05, 0) is 51.6 Å². The maximum absolute atomic E-state index is 4.31. The first-order valence-corrected chi connectivity index (χ1v) is 6.81. The number of aryl methyl sites for hydroxylation is 1. The Bertz CT molecular complexity index is 352. The number of aromatic nitrogens is 3. The summed E-state index contributed by atoms with van der Waals surface area (Å²) in [6.45, 7) is 9.87. The van der Waals surface area contributed by atoms with Crippen molar-refractivity contribution in [1.82, 2.24) is 20.1 Å². The number of piperidine rings is 1. The molecule has 1 saturated heterocycles. The average Bonchev–Trinajstić information content (AvgIpc) is 2.71. The van der Waals surface area contributed by atoms with Gasteiger partial charge in [-0.2, -0.15) is 0 Å². The average molecular weight is 236 g/mol. The number of rotatable bonds is 4. The maximum atomic E-state index is 4.31. The lowest BCUT2D eigenvalue weighted by atomic mass is 9.85. The lowest BCUT2D eigenvalue weighted by molar-refractivity contribution is 0.274. The Labute approximate surface area is 104 Å². The van der Waals surface area contributed by atoms with E-state index in [1.54, 1.807) is 0 Å². The van der Waals surface area contributed by atoms with Gasteiger partial charge in [-0.1, -0.05) is 6.92 Å². The molecule has 1 aliphatic heterocycles. The van der Waals surface area contributed by atoms with E-state index in [4.69, 9.17) is 0 Å². The minimum absolute atomic E-state index is 0.691. The molecule has 2 unspecified atom stereocenters. The fraction of sp³-hybridized carbons (Fsp3) is 0.846. The molecule has 0 amide bonds. The Morgan fingerprint density at radius 1 is 1.47 bits per heavy atom. The van der Waals surface area contributed by atoms with Crippen molar-refractivity contribution in [3.63, 3.8) is 0 Å². The van der Waals surface area contributed by atoms with Gasteiger partial charge in [-0.3, -0.25) is 0 Å². The molecule has 2 atom stereocenters. The zero-order valence-electron chi connectivity index (χ0n) is 11.2. The van der Waals surface area contributed by atoms with Crippen LogP contribution < -0.4 is 5.32 Å². The van der Waals surface area contributed by atoms with Crippen molar-refractivity contribution in [3.8, 4) is 0 Å². The second kappa shape index (κ2) is 5.63. The number of nitrogens with zero attached hydrogens (tertiary/aromatic N) is 3. The van der Waals surface area contributed by atoms with Crippen molar-refractivity contribution in [2.45, 2.75) is 46.6 Å². The molecule has 0 aliphatic carbocycles. The van der Waals surface area contributed by atoms with E-state index < -0.39 is 0 Å². The summed E-state index contributed by atoms with van der Waals surface area (Å²) in [5.41, 5.74) is 0. The van der Waals surface area contributed by atoms with E-state index in [1.165, 1.54) is 25.9 Å². The highest BCUT2D eigenvalue weighted by Crippen LogP contribution is 2.22. The van der Waals surface area contributed by atoms with Gasteiger partial charge < -0.3 is 9.88 Å². The molecule has 0 aromatic carbocycles. The third-order valence-corrected chi connectivity index (χ3v) is 3.97. The van der Waals surface area contributed by atoms with Crippen LogP contribution in [0.3, 0.4) is 0 Å². The van der Waals surface area contributed by atoms with E-state index in [1.807, 2.05) is 6.92 Å². The van der Waals surface area contributed by atoms with Gasteiger partial charge in [0, 0.05) is 13.0 Å². The molecule has 0 saturated carbocycles. The second-order valence-corrected chi connectivity index (χ2v) is 5.20. The molecule has 1 aliphatic rings. The highest BCUT2D eigenvalue weighted by molar-refractivity contribution is 4.96. The van der Waals surface area contributed by atoms with Gasteiger partial charge >= 0.3 is 0 Å². The first-order valence-electron chi connectivity index (χ1n) is 6.81. The van der Waals surface area contributed by atoms with Crippen LogP contribution in [0.25, 0.3) is 0 Å². The normalized spacial score (nSPS) is 22.6. The molecule has 1 aromatic heterocycles. The zero-order chi connectivity index (χ0) is 12.3. The summed E-state index contributed by atoms with van der Waals surface area (Å²) in [5.74, 6) is 3.68. The summed E-state index contributed by atoms with van der Waals surface area (Å²) in [6, 6.07) is 0. The number of hydrogen-bond donors (Lipinski definition) is 1. The predicted molar refractivity (Wildman–Crippen MR) is 68.9 cm³/mol. The third kappa shape index (κ3) is 2.86. The Balaban J connectivity index is 1.99. The Morgan fingerprint density at radius 2 is 2.29 bits per heavy atom. The van der Waals surface area contributed by atoms with Crippen molar-refractivity contribution in [3.05, 3.63) is 11.6 Å². The molecule has 1 N–H and O–H groups in total. The van der Waals surface area contributed by atoms with E-state index in [0.29, 0.717) is 5.92 Å². The van der Waals surface area contributed by atoms with Gasteiger partial charge in [0.05, 0.1) is 0 Å². The molecule has 0 spiro atoms. The fourth-order valence-corrected chi connectivity index (χ4v) is 2.81. The third-order valence-electron chi connectivity index (χ3n) is 3.97. The zero-order valence-corrected chi connectivity index (χ0v) is 11.2. The molecule has 2 heterocycles. The first kappa shape index (κ1) is 12.6. The Kier molecular flexibility index (Phi) is 4.15. The lowest BCUT2D eigenvalue weighted by Gasteiger charge is -2.28. The highest BCUT2D eigenvalue weighted by atomic mass is 15.3. The van der Waals surface area contributed by atoms with Crippen LogP contribution >= 0.6 is 0 Å². The van der Waals surface area contributed by atoms with Crippen LogP contribution in [0.1, 0.15) is 38.3 Å². The van der Waals surface area contributed by atoms with Gasteiger partial charge in [-0.25, -0.2) is 0 Å². The molecule has 0 radical (unpaired) electrons. The summed E-state index contributed by atoms with van der Waals surface area (Å²) in [6.07, 6.45) is 3.73. The monoisotopic (exact) mass is 236 g/mol. The SMILES string of the molecule is CCn1c(C)nnc1CC(C)C1CCCNC1. The Hall–Kier alpha value is -0.900. The standard InChI is InChI=1S/C13H24N4/c1-4-17-11(3)15-16-13(17)8-10(2)12-6-5-7-14-9-12/h10,12,14H,4-9H2,1-3H3. The minimum Gasteiger partial charge on any atom is -0.316 e. The van der Waals surface area contributed by atoms with Crippen LogP contribution in [0.5, 0.6) is 0 Å². The predicted octanol–water partition coefficient (Wildman–Crippen LogP) is 1.78. The lowest BCUT2D eigenvalue weighted by Crippen LogP contribution is -2.34. The van der Waals surface area contributed by atoms with Gasteiger partial charge in [0.1, 0.15) is 11.6 Å². The van der Waals surface area contributed by atoms with E-state index in [-0.39, 0.29) is 0 Å². The summed E-state index contributed by atoms with van der Waals surface area (Å²) in [5, 5.41) is 12.0. The molecule has 1 aromatic rings. The van der Waals surface area contributed by atoms with E-state index in [0.717, 1.165) is 30.5 Å². The van der Waals surface area contributed by atoms with Gasteiger partial charge in [0.2, 0.25) is 0 Å². The van der Waals surface area contributed by atoms with Crippen LogP contribution in [-0.4, -0.2) is 27.9 Å². The van der Waals surface area contributed by atoms with Crippen molar-refractivity contribution in [2.24, 2.45) is 11.8 Å². The van der Waals surface area contributed by atoms with Crippen molar-refractivity contribution in [2.75, 3.05) is 13.1 Å². The minimum atomic E-state index is 0.691. The summed E-state index contributed by atoms with van der Waals surface area (Å²) < 4.78 is 2.23. The summed E-state index contributed by atoms with van der Waals surface area (Å²) >= 11 is 0. The van der Waals surface area contributed by atoms with Crippen LogP contribution in [0.2, 0.25) is 0 Å². The summed E-state index contributed by atoms with van der Waals surface area (Å²) in [4.78, 5) is 0. The van der Waals surface area contributed by atoms with Crippen LogP contribution in [-0.2, 0) is 13.0 Å².